The molecule has 0 aliphatic heterocycles. The number of esters is 1. The number of amides is 1. The first kappa shape index (κ1) is 15.0. The Kier molecular flexibility index (Phi) is 5.62. The molecule has 1 amide bonds. The highest BCUT2D eigenvalue weighted by atomic mass is 79.9. The molecule has 18 heavy (non-hydrogen) atoms. The molecule has 0 saturated carbocycles. The summed E-state index contributed by atoms with van der Waals surface area (Å²) in [5.41, 5.74) is 0.513. The van der Waals surface area contributed by atoms with Crippen LogP contribution in [0.5, 0.6) is 0 Å². The third-order valence-corrected chi connectivity index (χ3v) is 3.61. The fourth-order valence-corrected chi connectivity index (χ4v) is 1.81. The van der Waals surface area contributed by atoms with E-state index in [0.29, 0.717) is 21.6 Å². The van der Waals surface area contributed by atoms with Crippen LogP contribution in [0.15, 0.2) is 22.7 Å². The molecule has 0 aromatic heterocycles. The molecule has 6 heteroatoms. The van der Waals surface area contributed by atoms with Crippen molar-refractivity contribution in [1.82, 2.24) is 4.90 Å². The SMILES string of the molecule is COC(=O)CCN(C)C(=O)c1ccc(Cl)c(Br)c1. The lowest BCUT2D eigenvalue weighted by Crippen LogP contribution is -2.29. The van der Waals surface area contributed by atoms with Crippen molar-refractivity contribution < 1.29 is 14.3 Å². The summed E-state index contributed by atoms with van der Waals surface area (Å²) in [5, 5.41) is 0.545. The van der Waals surface area contributed by atoms with Crippen LogP contribution in [0.3, 0.4) is 0 Å². The molecule has 0 atom stereocenters. The summed E-state index contributed by atoms with van der Waals surface area (Å²) in [6.45, 7) is 0.311. The third-order valence-electron chi connectivity index (χ3n) is 2.39. The highest BCUT2D eigenvalue weighted by Gasteiger charge is 2.14. The number of nitrogens with zero attached hydrogens (tertiary/aromatic N) is 1. The van der Waals surface area contributed by atoms with Gasteiger partial charge < -0.3 is 9.64 Å². The molecule has 0 fully saturated rings. The molecule has 1 aromatic rings. The Morgan fingerprint density at radius 1 is 1.44 bits per heavy atom. The molecule has 1 aromatic carbocycles. The van der Waals surface area contributed by atoms with E-state index < -0.39 is 0 Å². The minimum Gasteiger partial charge on any atom is -0.469 e. The predicted molar refractivity (Wildman–Crippen MR) is 72.7 cm³/mol. The smallest absolute Gasteiger partial charge is 0.307 e. The molecule has 4 nitrogen and oxygen atoms in total. The van der Waals surface area contributed by atoms with Crippen LogP contribution in [-0.4, -0.2) is 37.5 Å². The van der Waals surface area contributed by atoms with Crippen molar-refractivity contribution in [3.8, 4) is 0 Å². The minimum absolute atomic E-state index is 0.170. The topological polar surface area (TPSA) is 46.6 Å². The van der Waals surface area contributed by atoms with Gasteiger partial charge in [-0.3, -0.25) is 9.59 Å². The van der Waals surface area contributed by atoms with E-state index in [2.05, 4.69) is 20.7 Å². The first-order chi connectivity index (χ1) is 8.45. The number of carbonyl (C=O) groups excluding carboxylic acids is 2. The molecule has 1 rings (SSSR count). The quantitative estimate of drug-likeness (QED) is 0.795. The Morgan fingerprint density at radius 2 is 2.11 bits per heavy atom. The summed E-state index contributed by atoms with van der Waals surface area (Å²) in [7, 11) is 2.95. The van der Waals surface area contributed by atoms with Gasteiger partial charge in [0.25, 0.3) is 5.91 Å². The van der Waals surface area contributed by atoms with Gasteiger partial charge in [0.05, 0.1) is 18.6 Å². The van der Waals surface area contributed by atoms with Crippen molar-refractivity contribution in [2.45, 2.75) is 6.42 Å². The summed E-state index contributed by atoms with van der Waals surface area (Å²) >= 11 is 9.11. The van der Waals surface area contributed by atoms with Gasteiger partial charge in [0, 0.05) is 23.6 Å². The summed E-state index contributed by atoms with van der Waals surface area (Å²) in [6.07, 6.45) is 0.174. The maximum atomic E-state index is 12.0. The number of benzene rings is 1. The molecule has 0 aliphatic rings. The number of rotatable bonds is 4. The van der Waals surface area contributed by atoms with E-state index in [1.54, 1.807) is 25.2 Å². The van der Waals surface area contributed by atoms with E-state index in [1.165, 1.54) is 12.0 Å². The van der Waals surface area contributed by atoms with Crippen molar-refractivity contribution in [2.75, 3.05) is 20.7 Å². The van der Waals surface area contributed by atoms with Crippen molar-refractivity contribution in [2.24, 2.45) is 0 Å². The summed E-state index contributed by atoms with van der Waals surface area (Å²) < 4.78 is 5.18. The highest BCUT2D eigenvalue weighted by molar-refractivity contribution is 9.10. The monoisotopic (exact) mass is 333 g/mol. The molecular formula is C12H13BrClNO3. The maximum Gasteiger partial charge on any atom is 0.307 e. The molecule has 0 radical (unpaired) electrons. The Morgan fingerprint density at radius 3 is 2.67 bits per heavy atom. The second-order valence-electron chi connectivity index (χ2n) is 3.68. The van der Waals surface area contributed by atoms with Crippen molar-refractivity contribution in [3.63, 3.8) is 0 Å². The van der Waals surface area contributed by atoms with Crippen LogP contribution in [0.2, 0.25) is 5.02 Å². The lowest BCUT2D eigenvalue weighted by atomic mass is 10.2. The van der Waals surface area contributed by atoms with Crippen LogP contribution in [0, 0.1) is 0 Å². The average molecular weight is 335 g/mol. The van der Waals surface area contributed by atoms with E-state index in [0.717, 1.165) is 0 Å². The Labute approximate surface area is 119 Å². The summed E-state index contributed by atoms with van der Waals surface area (Å²) in [5.74, 6) is -0.511. The zero-order valence-electron chi connectivity index (χ0n) is 10.1. The highest BCUT2D eigenvalue weighted by Crippen LogP contribution is 2.23. The van der Waals surface area contributed by atoms with Crippen LogP contribution in [0.25, 0.3) is 0 Å². The number of ether oxygens (including phenoxy) is 1. The van der Waals surface area contributed by atoms with Gasteiger partial charge >= 0.3 is 5.97 Å². The van der Waals surface area contributed by atoms with Gasteiger partial charge in [-0.25, -0.2) is 0 Å². The van der Waals surface area contributed by atoms with Crippen molar-refractivity contribution in [1.29, 1.82) is 0 Å². The normalized spacial score (nSPS) is 10.0. The number of hydrogen-bond donors (Lipinski definition) is 0. The number of methoxy groups -OCH3 is 1. The fourth-order valence-electron chi connectivity index (χ4n) is 1.31. The molecular weight excluding hydrogens is 321 g/mol. The van der Waals surface area contributed by atoms with E-state index in [4.69, 9.17) is 11.6 Å². The lowest BCUT2D eigenvalue weighted by molar-refractivity contribution is -0.140. The largest absolute Gasteiger partial charge is 0.469 e. The first-order valence-electron chi connectivity index (χ1n) is 5.23. The molecule has 0 spiro atoms. The summed E-state index contributed by atoms with van der Waals surface area (Å²) in [6, 6.07) is 4.94. The molecule has 98 valence electrons. The van der Waals surface area contributed by atoms with Crippen molar-refractivity contribution >= 4 is 39.4 Å². The molecule has 0 saturated heterocycles. The van der Waals surface area contributed by atoms with Gasteiger partial charge in [-0.15, -0.1) is 0 Å². The zero-order valence-corrected chi connectivity index (χ0v) is 12.4. The second kappa shape index (κ2) is 6.75. The van der Waals surface area contributed by atoms with Crippen LogP contribution in [0.1, 0.15) is 16.8 Å². The Balaban J connectivity index is 2.68. The predicted octanol–water partition coefficient (Wildman–Crippen LogP) is 2.74. The average Bonchev–Trinajstić information content (AvgIpc) is 2.37. The number of hydrogen-bond acceptors (Lipinski definition) is 3. The van der Waals surface area contributed by atoms with Crippen LogP contribution in [-0.2, 0) is 9.53 Å². The van der Waals surface area contributed by atoms with Gasteiger partial charge in [-0.2, -0.15) is 0 Å². The van der Waals surface area contributed by atoms with Crippen molar-refractivity contribution in [3.05, 3.63) is 33.3 Å². The zero-order chi connectivity index (χ0) is 13.7. The van der Waals surface area contributed by atoms with E-state index in [1.807, 2.05) is 0 Å². The molecule has 0 unspecified atom stereocenters. The summed E-state index contributed by atoms with van der Waals surface area (Å²) in [4.78, 5) is 24.5. The molecule has 0 heterocycles. The molecule has 0 bridgehead atoms. The molecule has 0 N–H and O–H groups in total. The van der Waals surface area contributed by atoms with E-state index in [9.17, 15) is 9.59 Å². The fraction of sp³-hybridized carbons (Fsp3) is 0.333. The number of carbonyl (C=O) groups is 2. The standard InChI is InChI=1S/C12H13BrClNO3/c1-15(6-5-11(16)18-2)12(17)8-3-4-10(14)9(13)7-8/h3-4,7H,5-6H2,1-2H3. The van der Waals surface area contributed by atoms with Gasteiger partial charge in [0.15, 0.2) is 0 Å². The Hall–Kier alpha value is -1.07. The van der Waals surface area contributed by atoms with Gasteiger partial charge in [-0.05, 0) is 34.1 Å². The molecule has 0 aliphatic carbocycles. The lowest BCUT2D eigenvalue weighted by Gasteiger charge is -2.16. The minimum atomic E-state index is -0.341. The Bertz CT molecular complexity index is 465. The van der Waals surface area contributed by atoms with Gasteiger partial charge in [0.2, 0.25) is 0 Å². The second-order valence-corrected chi connectivity index (χ2v) is 4.94. The van der Waals surface area contributed by atoms with Gasteiger partial charge in [0.1, 0.15) is 0 Å². The van der Waals surface area contributed by atoms with Crippen LogP contribution >= 0.6 is 27.5 Å². The van der Waals surface area contributed by atoms with Crippen LogP contribution < -0.4 is 0 Å². The van der Waals surface area contributed by atoms with Gasteiger partial charge in [-0.1, -0.05) is 11.6 Å². The first-order valence-corrected chi connectivity index (χ1v) is 6.40. The van der Waals surface area contributed by atoms with Crippen LogP contribution in [0.4, 0.5) is 0 Å². The third kappa shape index (κ3) is 3.99. The van der Waals surface area contributed by atoms with E-state index in [-0.39, 0.29) is 18.3 Å². The maximum absolute atomic E-state index is 12.0. The number of halogens is 2. The van der Waals surface area contributed by atoms with E-state index >= 15 is 0 Å².